The first-order valence-corrected chi connectivity index (χ1v) is 11.6. The first kappa shape index (κ1) is 24.9. The minimum atomic E-state index is -2.36. The van der Waals surface area contributed by atoms with E-state index < -0.39 is 28.2 Å². The quantitative estimate of drug-likeness (QED) is 0.418. The van der Waals surface area contributed by atoms with E-state index in [-0.39, 0.29) is 21.7 Å². The van der Waals surface area contributed by atoms with Gasteiger partial charge in [-0.05, 0) is 54.7 Å². The van der Waals surface area contributed by atoms with Gasteiger partial charge in [0.1, 0.15) is 5.69 Å². The van der Waals surface area contributed by atoms with Crippen LogP contribution in [-0.4, -0.2) is 15.1 Å². The van der Waals surface area contributed by atoms with Crippen LogP contribution in [0.3, 0.4) is 0 Å². The van der Waals surface area contributed by atoms with Crippen molar-refractivity contribution in [3.8, 4) is 6.07 Å². The highest BCUT2D eigenvalue weighted by molar-refractivity contribution is 7.70. The number of carbonyl (C=O) groups is 1. The molecule has 0 bridgehead atoms. The van der Waals surface area contributed by atoms with Crippen molar-refractivity contribution >= 4 is 38.8 Å². The zero-order valence-corrected chi connectivity index (χ0v) is 19.9. The number of thiophene rings is 1. The predicted molar refractivity (Wildman–Crippen MR) is 120 cm³/mol. The van der Waals surface area contributed by atoms with Gasteiger partial charge < -0.3 is 14.5 Å². The molecule has 1 aromatic carbocycles. The van der Waals surface area contributed by atoms with Crippen LogP contribution in [0.1, 0.15) is 74.9 Å². The van der Waals surface area contributed by atoms with Gasteiger partial charge in [-0.1, -0.05) is 39.0 Å². The average molecular weight is 467 g/mol. The highest BCUT2D eigenvalue weighted by Gasteiger charge is 2.29. The van der Waals surface area contributed by atoms with Gasteiger partial charge in [-0.25, -0.2) is 13.7 Å². The number of nitrogens with two attached hydrogens (primary N) is 1. The number of nitrogens with zero attached hydrogens (tertiary/aromatic N) is 2. The standard InChI is InChI=1S/C21H27FN4O3S2/c1-11(2)14-7-13(10-23)8-15(12(3)4)18(14)25-20(27)26(31(24)29)19-16(22)9-17(30-19)21(5,6)28/h7-9,11-12,28H,1-6H3,(H2,24,29)(H,25,27). The number of rotatable bonds is 5. The molecule has 0 unspecified atom stereocenters. The SMILES string of the molecule is CC(C)c1cc(C#N)cc(C(C)C)c1NC(=O)/[N+](c1sc(C(C)(C)O)cc1F)=[S-](/N)=O. The minimum absolute atomic E-state index is 0.0295. The van der Waals surface area contributed by atoms with Crippen LogP contribution in [-0.2, 0) is 20.6 Å². The highest BCUT2D eigenvalue weighted by atomic mass is 32.2. The molecule has 0 aliphatic heterocycles. The summed E-state index contributed by atoms with van der Waals surface area (Å²) >= 11 is 0.793. The molecular formula is C21H27FN4O3S2. The van der Waals surface area contributed by atoms with Gasteiger partial charge in [-0.2, -0.15) is 10.1 Å². The summed E-state index contributed by atoms with van der Waals surface area (Å²) in [5.74, 6) is -0.875. The summed E-state index contributed by atoms with van der Waals surface area (Å²) in [6, 6.07) is 5.72. The molecule has 0 fully saturated rings. The summed E-state index contributed by atoms with van der Waals surface area (Å²) in [4.78, 5) is 13.4. The summed E-state index contributed by atoms with van der Waals surface area (Å²) in [6.07, 6.45) is 0. The van der Waals surface area contributed by atoms with Gasteiger partial charge in [-0.15, -0.1) is 0 Å². The Kier molecular flexibility index (Phi) is 7.60. The predicted octanol–water partition coefficient (Wildman–Crippen LogP) is 5.13. The zero-order chi connectivity index (χ0) is 23.7. The van der Waals surface area contributed by atoms with Gasteiger partial charge in [0.15, 0.2) is 5.82 Å². The van der Waals surface area contributed by atoms with Crippen molar-refractivity contribution in [3.05, 3.63) is 45.6 Å². The van der Waals surface area contributed by atoms with Gasteiger partial charge >= 0.3 is 6.03 Å². The van der Waals surface area contributed by atoms with E-state index in [1.807, 2.05) is 27.7 Å². The van der Waals surface area contributed by atoms with Crippen molar-refractivity contribution in [3.63, 3.8) is 0 Å². The Morgan fingerprint density at radius 2 is 1.77 bits per heavy atom. The van der Waals surface area contributed by atoms with Crippen molar-refractivity contribution in [1.82, 2.24) is 0 Å². The number of nitrogens with one attached hydrogen (secondary N) is 1. The molecule has 1 heterocycles. The van der Waals surface area contributed by atoms with Crippen molar-refractivity contribution in [1.29, 1.82) is 5.26 Å². The number of benzene rings is 1. The topological polar surface area (TPSA) is 119 Å². The molecule has 7 nitrogen and oxygen atoms in total. The van der Waals surface area contributed by atoms with Gasteiger partial charge in [0.05, 0.1) is 17.2 Å². The second-order valence-electron chi connectivity index (χ2n) is 8.27. The number of hydrogen-bond acceptors (Lipinski definition) is 6. The lowest BCUT2D eigenvalue weighted by Gasteiger charge is -2.18. The van der Waals surface area contributed by atoms with Gasteiger partial charge in [0, 0.05) is 16.0 Å². The Hall–Kier alpha value is -2.32. The van der Waals surface area contributed by atoms with Crippen LogP contribution >= 0.6 is 11.3 Å². The average Bonchev–Trinajstić information content (AvgIpc) is 3.02. The number of aliphatic hydroxyl groups is 1. The van der Waals surface area contributed by atoms with Crippen LogP contribution < -0.4 is 10.5 Å². The van der Waals surface area contributed by atoms with Crippen LogP contribution in [0.2, 0.25) is 0 Å². The Labute approximate surface area is 187 Å². The molecule has 168 valence electrons. The fraction of sp³-hybridized carbons (Fsp3) is 0.429. The molecule has 2 aromatic rings. The Balaban J connectivity index is 2.63. The fourth-order valence-electron chi connectivity index (χ4n) is 3.02. The maximum atomic E-state index is 14.6. The summed E-state index contributed by atoms with van der Waals surface area (Å²) in [5, 5.41) is 27.5. The third-order valence-electron chi connectivity index (χ3n) is 4.63. The Morgan fingerprint density at radius 3 is 2.13 bits per heavy atom. The van der Waals surface area contributed by atoms with Crippen LogP contribution in [0.25, 0.3) is 0 Å². The number of amides is 2. The number of urea groups is 1. The van der Waals surface area contributed by atoms with Crippen LogP contribution in [0.5, 0.6) is 0 Å². The largest absolute Gasteiger partial charge is 0.482 e. The molecule has 4 N–H and O–H groups in total. The van der Waals surface area contributed by atoms with Crippen LogP contribution in [0.4, 0.5) is 19.9 Å². The smallest absolute Gasteiger partial charge is 0.408 e. The van der Waals surface area contributed by atoms with Gasteiger partial charge in [0.25, 0.3) is 0 Å². The molecule has 2 rings (SSSR count). The summed E-state index contributed by atoms with van der Waals surface area (Å²) in [7, 11) is -2.36. The number of hydrogen-bond donors (Lipinski definition) is 3. The first-order chi connectivity index (χ1) is 14.3. The lowest BCUT2D eigenvalue weighted by molar-refractivity contribution is -0.297. The van der Waals surface area contributed by atoms with Crippen molar-refractivity contribution < 1.29 is 22.4 Å². The van der Waals surface area contributed by atoms with Gasteiger partial charge in [-0.3, -0.25) is 0 Å². The van der Waals surface area contributed by atoms with Crippen LogP contribution in [0, 0.1) is 17.1 Å². The molecule has 10 heteroatoms. The lowest BCUT2D eigenvalue weighted by atomic mass is 9.90. The molecule has 0 spiro atoms. The van der Waals surface area contributed by atoms with E-state index in [0.717, 1.165) is 28.5 Å². The van der Waals surface area contributed by atoms with Crippen molar-refractivity contribution in [2.24, 2.45) is 5.14 Å². The summed E-state index contributed by atoms with van der Waals surface area (Å²) in [5.41, 5.74) is 1.04. The van der Waals surface area contributed by atoms with Crippen molar-refractivity contribution in [2.45, 2.75) is 59.0 Å². The summed E-state index contributed by atoms with van der Waals surface area (Å²) in [6.45, 7) is 10.6. The van der Waals surface area contributed by atoms with E-state index in [9.17, 15) is 23.8 Å². The van der Waals surface area contributed by atoms with E-state index in [0.29, 0.717) is 15.2 Å². The van der Waals surface area contributed by atoms with E-state index in [2.05, 4.69) is 11.4 Å². The third-order valence-corrected chi connectivity index (χ3v) is 6.86. The van der Waals surface area contributed by atoms with E-state index in [4.69, 9.17) is 5.14 Å². The maximum absolute atomic E-state index is 14.6. The third kappa shape index (κ3) is 5.49. The minimum Gasteiger partial charge on any atom is -0.408 e. The molecule has 0 atom stereocenters. The lowest BCUT2D eigenvalue weighted by Crippen LogP contribution is -2.27. The molecule has 0 saturated heterocycles. The molecule has 0 aliphatic carbocycles. The van der Waals surface area contributed by atoms with E-state index in [1.165, 1.54) is 13.8 Å². The molecule has 0 saturated carbocycles. The molecule has 0 radical (unpaired) electrons. The highest BCUT2D eigenvalue weighted by Crippen LogP contribution is 2.37. The fourth-order valence-corrected chi connectivity index (χ4v) is 4.75. The normalized spacial score (nSPS) is 13.3. The second-order valence-corrected chi connectivity index (χ2v) is 10.2. The number of nitriles is 1. The first-order valence-electron chi connectivity index (χ1n) is 9.65. The molecule has 1 aromatic heterocycles. The monoisotopic (exact) mass is 466 g/mol. The van der Waals surface area contributed by atoms with E-state index in [1.54, 1.807) is 12.1 Å². The van der Waals surface area contributed by atoms with Crippen LogP contribution in [0.15, 0.2) is 18.2 Å². The molecule has 0 aliphatic rings. The zero-order valence-electron chi connectivity index (χ0n) is 18.3. The number of halogens is 1. The molecule has 2 amide bonds. The molecular weight excluding hydrogens is 439 g/mol. The number of carbonyl (C=O) groups excluding carboxylic acids is 1. The van der Waals surface area contributed by atoms with Crippen molar-refractivity contribution in [2.75, 3.05) is 5.32 Å². The Bertz CT molecular complexity index is 1110. The summed E-state index contributed by atoms with van der Waals surface area (Å²) < 4.78 is 27.5. The number of anilines is 1. The maximum Gasteiger partial charge on any atom is 0.482 e. The van der Waals surface area contributed by atoms with E-state index >= 15 is 0 Å². The molecule has 31 heavy (non-hydrogen) atoms. The second kappa shape index (κ2) is 9.44. The van der Waals surface area contributed by atoms with Gasteiger partial charge in [0.2, 0.25) is 5.00 Å². The Morgan fingerprint density at radius 1 is 1.26 bits per heavy atom.